The molecule has 0 N–H and O–H groups in total. The molecule has 0 aromatic carbocycles. The number of hydrogen-bond acceptors (Lipinski definition) is 5. The van der Waals surface area contributed by atoms with Gasteiger partial charge in [0.1, 0.15) is 10.1 Å². The van der Waals surface area contributed by atoms with Gasteiger partial charge in [-0.25, -0.2) is 8.42 Å². The van der Waals surface area contributed by atoms with E-state index in [1.54, 1.807) is 6.92 Å². The molecule has 1 atom stereocenters. The first kappa shape index (κ1) is 28.6. The first-order valence-corrected chi connectivity index (χ1v) is 11.5. The van der Waals surface area contributed by atoms with Gasteiger partial charge in [0.05, 0.1) is 0 Å². The van der Waals surface area contributed by atoms with Crippen LogP contribution in [0, 0.1) is 0 Å². The van der Waals surface area contributed by atoms with Gasteiger partial charge in [0, 0.05) is 6.42 Å². The molecule has 0 aromatic rings. The standard InChI is InChI=1S/C19H38O5S.Na/c1-3-5-6-7-8-9-10-11-12-13-14-15-17-19(25(21,22)23)24-18(20)16-4-2;/h19H,3-17H2,1-2H3,(H,21,22,23);/q;+1/p-1. The van der Waals surface area contributed by atoms with Crippen LogP contribution in [-0.2, 0) is 19.6 Å². The molecule has 0 saturated carbocycles. The number of esters is 1. The molecule has 0 bridgehead atoms. The number of carbonyl (C=O) groups excluding carboxylic acids is 1. The second kappa shape index (κ2) is 18.7. The molecular weight excluding hydrogens is 363 g/mol. The molecule has 7 heteroatoms. The third-order valence-corrected chi connectivity index (χ3v) is 5.31. The van der Waals surface area contributed by atoms with Crippen LogP contribution in [0.15, 0.2) is 0 Å². The van der Waals surface area contributed by atoms with Crippen molar-refractivity contribution in [2.75, 3.05) is 0 Å². The largest absolute Gasteiger partial charge is 1.00 e. The maximum absolute atomic E-state index is 11.4. The van der Waals surface area contributed by atoms with Crippen LogP contribution < -0.4 is 29.6 Å². The maximum atomic E-state index is 11.4. The van der Waals surface area contributed by atoms with Gasteiger partial charge in [0.15, 0.2) is 5.44 Å². The number of unbranched alkanes of at least 4 members (excludes halogenated alkanes) is 11. The van der Waals surface area contributed by atoms with E-state index in [1.807, 2.05) is 0 Å². The second-order valence-corrected chi connectivity index (χ2v) is 8.35. The average molecular weight is 401 g/mol. The van der Waals surface area contributed by atoms with E-state index in [4.69, 9.17) is 4.74 Å². The zero-order chi connectivity index (χ0) is 19.0. The van der Waals surface area contributed by atoms with Crippen molar-refractivity contribution in [2.24, 2.45) is 0 Å². The Hall–Kier alpha value is 0.380. The summed E-state index contributed by atoms with van der Waals surface area (Å²) in [5.74, 6) is -0.606. The van der Waals surface area contributed by atoms with E-state index in [-0.39, 0.29) is 42.4 Å². The fraction of sp³-hybridized carbons (Fsp3) is 0.947. The summed E-state index contributed by atoms with van der Waals surface area (Å²) in [6, 6.07) is 0. The van der Waals surface area contributed by atoms with Crippen LogP contribution in [0.2, 0.25) is 0 Å². The molecule has 0 aliphatic rings. The van der Waals surface area contributed by atoms with Crippen LogP contribution >= 0.6 is 0 Å². The minimum absolute atomic E-state index is 0. The van der Waals surface area contributed by atoms with Gasteiger partial charge in [-0.1, -0.05) is 84.5 Å². The van der Waals surface area contributed by atoms with Crippen LogP contribution in [-0.4, -0.2) is 24.4 Å². The van der Waals surface area contributed by atoms with Gasteiger partial charge in [0.25, 0.3) is 0 Å². The molecule has 0 radical (unpaired) electrons. The Morgan fingerprint density at radius 2 is 1.23 bits per heavy atom. The molecule has 0 spiro atoms. The van der Waals surface area contributed by atoms with Gasteiger partial charge in [-0.3, -0.25) is 4.79 Å². The Balaban J connectivity index is 0. The van der Waals surface area contributed by atoms with Gasteiger partial charge in [0.2, 0.25) is 0 Å². The van der Waals surface area contributed by atoms with E-state index < -0.39 is 21.5 Å². The summed E-state index contributed by atoms with van der Waals surface area (Å²) in [4.78, 5) is 11.4. The third kappa shape index (κ3) is 17.8. The summed E-state index contributed by atoms with van der Waals surface area (Å²) in [7, 11) is -4.59. The molecule has 0 fully saturated rings. The van der Waals surface area contributed by atoms with E-state index in [9.17, 15) is 17.8 Å². The Labute approximate surface area is 183 Å². The van der Waals surface area contributed by atoms with E-state index in [0.29, 0.717) is 12.8 Å². The molecule has 0 aliphatic heterocycles. The molecule has 0 aromatic heterocycles. The van der Waals surface area contributed by atoms with Crippen LogP contribution in [0.1, 0.15) is 110 Å². The van der Waals surface area contributed by atoms with E-state index in [1.165, 1.54) is 51.4 Å². The quantitative estimate of drug-likeness (QED) is 0.162. The maximum Gasteiger partial charge on any atom is 1.00 e. The molecule has 5 nitrogen and oxygen atoms in total. The fourth-order valence-electron chi connectivity index (χ4n) is 2.82. The molecule has 26 heavy (non-hydrogen) atoms. The smallest absolute Gasteiger partial charge is 0.745 e. The SMILES string of the molecule is CCCCCCCCCCCCCCC(OC(=O)CCC)S(=O)(=O)[O-].[Na+]. The van der Waals surface area contributed by atoms with Crippen LogP contribution in [0.25, 0.3) is 0 Å². The predicted molar refractivity (Wildman–Crippen MR) is 100 cm³/mol. The first-order valence-electron chi connectivity index (χ1n) is 10.1. The van der Waals surface area contributed by atoms with Crippen molar-refractivity contribution in [1.82, 2.24) is 0 Å². The zero-order valence-corrected chi connectivity index (χ0v) is 19.9. The van der Waals surface area contributed by atoms with Crippen molar-refractivity contribution >= 4 is 16.1 Å². The Morgan fingerprint density at radius 3 is 1.62 bits per heavy atom. The molecule has 150 valence electrons. The van der Waals surface area contributed by atoms with Gasteiger partial charge in [-0.2, -0.15) is 0 Å². The first-order chi connectivity index (χ1) is 11.9. The number of hydrogen-bond donors (Lipinski definition) is 0. The molecule has 0 rings (SSSR count). The van der Waals surface area contributed by atoms with E-state index in [2.05, 4.69) is 6.92 Å². The molecule has 0 aliphatic carbocycles. The summed E-state index contributed by atoms with van der Waals surface area (Å²) in [5.41, 5.74) is -1.52. The van der Waals surface area contributed by atoms with Crippen molar-refractivity contribution in [3.05, 3.63) is 0 Å². The Morgan fingerprint density at radius 1 is 0.808 bits per heavy atom. The summed E-state index contributed by atoms with van der Waals surface area (Å²) in [5, 5.41) is 0. The van der Waals surface area contributed by atoms with Crippen molar-refractivity contribution in [2.45, 2.75) is 116 Å². The van der Waals surface area contributed by atoms with Gasteiger partial charge in [-0.05, 0) is 19.3 Å². The summed E-state index contributed by atoms with van der Waals surface area (Å²) < 4.78 is 38.3. The van der Waals surface area contributed by atoms with Gasteiger partial charge < -0.3 is 9.29 Å². The van der Waals surface area contributed by atoms with Crippen LogP contribution in [0.5, 0.6) is 0 Å². The Kier molecular flexibility index (Phi) is 20.6. The molecule has 0 saturated heterocycles. The molecule has 0 heterocycles. The van der Waals surface area contributed by atoms with Crippen LogP contribution in [0.3, 0.4) is 0 Å². The fourth-order valence-corrected chi connectivity index (χ4v) is 3.50. The van der Waals surface area contributed by atoms with Crippen molar-refractivity contribution < 1.29 is 52.1 Å². The summed E-state index contributed by atoms with van der Waals surface area (Å²) in [6.07, 6.45) is 14.9. The molecular formula is C19H37NaO5S. The average Bonchev–Trinajstić information content (AvgIpc) is 2.54. The topological polar surface area (TPSA) is 83.5 Å². The summed E-state index contributed by atoms with van der Waals surface area (Å²) >= 11 is 0. The van der Waals surface area contributed by atoms with Crippen molar-refractivity contribution in [3.8, 4) is 0 Å². The minimum atomic E-state index is -4.59. The van der Waals surface area contributed by atoms with Crippen molar-refractivity contribution in [3.63, 3.8) is 0 Å². The van der Waals surface area contributed by atoms with Crippen LogP contribution in [0.4, 0.5) is 0 Å². The molecule has 1 unspecified atom stereocenters. The predicted octanol–water partition coefficient (Wildman–Crippen LogP) is 2.30. The monoisotopic (exact) mass is 400 g/mol. The zero-order valence-electron chi connectivity index (χ0n) is 17.1. The number of ether oxygens (including phenoxy) is 1. The second-order valence-electron chi connectivity index (χ2n) is 6.84. The molecule has 0 amide bonds. The van der Waals surface area contributed by atoms with Gasteiger partial charge >= 0.3 is 35.5 Å². The van der Waals surface area contributed by atoms with E-state index >= 15 is 0 Å². The van der Waals surface area contributed by atoms with Gasteiger partial charge in [-0.15, -0.1) is 0 Å². The summed E-state index contributed by atoms with van der Waals surface area (Å²) in [6.45, 7) is 4.02. The third-order valence-electron chi connectivity index (χ3n) is 4.33. The number of rotatable bonds is 17. The van der Waals surface area contributed by atoms with E-state index in [0.717, 1.165) is 19.3 Å². The Bertz CT molecular complexity index is 426. The normalized spacial score (nSPS) is 12.4. The minimum Gasteiger partial charge on any atom is -0.745 e. The number of carbonyl (C=O) groups is 1. The van der Waals surface area contributed by atoms with Crippen molar-refractivity contribution in [1.29, 1.82) is 0 Å².